The topological polar surface area (TPSA) is 130 Å². The number of hydrogen-bond acceptors (Lipinski definition) is 5. The van der Waals surface area contributed by atoms with E-state index in [1.807, 2.05) is 0 Å². The van der Waals surface area contributed by atoms with Crippen LogP contribution < -0.4 is 38.1 Å². The van der Waals surface area contributed by atoms with E-state index < -0.39 is 0 Å². The zero-order valence-corrected chi connectivity index (χ0v) is 27.1. The van der Waals surface area contributed by atoms with Gasteiger partial charge in [-0.2, -0.15) is 0 Å². The van der Waals surface area contributed by atoms with Crippen LogP contribution in [0.1, 0.15) is 83.5 Å². The number of quaternary nitrogens is 2. The van der Waals surface area contributed by atoms with Crippen molar-refractivity contribution in [2.24, 2.45) is 0 Å². The van der Waals surface area contributed by atoms with Gasteiger partial charge in [0.1, 0.15) is 0 Å². The van der Waals surface area contributed by atoms with Crippen molar-refractivity contribution < 1.29 is 24.6 Å². The Balaban J connectivity index is 0.00000229. The maximum absolute atomic E-state index is 5.56. The van der Waals surface area contributed by atoms with Crippen LogP contribution in [0.3, 0.4) is 0 Å². The minimum atomic E-state index is 0.00694. The molecule has 1 saturated carbocycles. The van der Waals surface area contributed by atoms with Gasteiger partial charge >= 0.3 is 33.3 Å². The van der Waals surface area contributed by atoms with E-state index in [4.69, 9.17) is 32.0 Å². The summed E-state index contributed by atoms with van der Waals surface area (Å²) in [7, 11) is 9.59. The van der Waals surface area contributed by atoms with Gasteiger partial charge in [-0.25, -0.2) is 0 Å². The molecule has 0 aromatic heterocycles. The molecule has 1 aliphatic heterocycles. The Bertz CT molecular complexity index is 515. The minimum absolute atomic E-state index is 0.00694. The van der Waals surface area contributed by atoms with Crippen LogP contribution >= 0.6 is 32.0 Å². The summed E-state index contributed by atoms with van der Waals surface area (Å²) in [6, 6.07) is 2.68. The van der Waals surface area contributed by atoms with Crippen molar-refractivity contribution >= 4 is 32.0 Å². The minimum Gasteiger partial charge on any atom is -0.575 e. The molecular weight excluding hydrogens is 586 g/mol. The average molecular weight is 644 g/mol. The molecule has 1 saturated heterocycles. The average Bonchev–Trinajstić information content (AvgIpc) is 2.93. The van der Waals surface area contributed by atoms with E-state index in [-0.39, 0.29) is 13.1 Å². The molecule has 0 bridgehead atoms. The number of nitrogens with one attached hydrogen (secondary N) is 5. The molecular formula is C26H58Cl3MnN8+. The largest absolute Gasteiger partial charge is 0.575 e. The summed E-state index contributed by atoms with van der Waals surface area (Å²) < 4.78 is 0. The van der Waals surface area contributed by atoms with Crippen molar-refractivity contribution in [3.05, 3.63) is 4.84 Å². The molecule has 2 rings (SSSR count). The Morgan fingerprint density at radius 1 is 0.632 bits per heavy atom. The van der Waals surface area contributed by atoms with Crippen LogP contribution in [0.2, 0.25) is 0 Å². The summed E-state index contributed by atoms with van der Waals surface area (Å²) in [5.41, 5.74) is 8.08. The van der Waals surface area contributed by atoms with E-state index in [1.165, 1.54) is 77.0 Å². The first-order chi connectivity index (χ1) is 18.7. The van der Waals surface area contributed by atoms with Gasteiger partial charge < -0.3 is 42.9 Å². The van der Waals surface area contributed by atoms with Crippen LogP contribution in [0.25, 0.3) is 4.84 Å². The maximum atomic E-state index is 5.56. The fourth-order valence-corrected chi connectivity index (χ4v) is 5.71. The quantitative estimate of drug-likeness (QED) is 0.122. The van der Waals surface area contributed by atoms with E-state index in [2.05, 4.69) is 42.9 Å². The predicted octanol–water partition coefficient (Wildman–Crippen LogP) is 2.26. The SMILES string of the molecule is [Cl][Mn][Cl].[NH3+]CCCC[C@@H]1CN[C@@H](CCCC[N-]Cl)CN[C@@H]2CCCC[C@H]2NCCN[C@@H](CCCC[NH3+])CN1. The molecule has 0 aromatic carbocycles. The van der Waals surface area contributed by atoms with E-state index in [0.29, 0.717) is 30.2 Å². The van der Waals surface area contributed by atoms with Crippen LogP contribution in [0.5, 0.6) is 0 Å². The summed E-state index contributed by atoms with van der Waals surface area (Å²) in [6.45, 7) is 8.02. The second kappa shape index (κ2) is 26.9. The predicted molar refractivity (Wildman–Crippen MR) is 160 cm³/mol. The Kier molecular flexibility index (Phi) is 26.3. The van der Waals surface area contributed by atoms with Crippen molar-refractivity contribution in [1.82, 2.24) is 26.6 Å². The molecule has 11 N–H and O–H groups in total. The zero-order chi connectivity index (χ0) is 27.7. The van der Waals surface area contributed by atoms with Gasteiger partial charge in [0, 0.05) is 62.9 Å². The van der Waals surface area contributed by atoms with Gasteiger partial charge in [0.25, 0.3) is 0 Å². The molecule has 1 aliphatic carbocycles. The molecule has 38 heavy (non-hydrogen) atoms. The van der Waals surface area contributed by atoms with Gasteiger partial charge in [0.05, 0.1) is 13.1 Å². The number of halogens is 3. The molecule has 2 aliphatic rings. The second-order valence-electron chi connectivity index (χ2n) is 10.8. The van der Waals surface area contributed by atoms with E-state index in [1.54, 1.807) is 0 Å². The van der Waals surface area contributed by atoms with Crippen LogP contribution in [-0.2, 0) is 13.1 Å². The standard InChI is InChI=1S/C26H56ClN8.2ClH.Mn/c27-35-16-8-5-11-24-21-34-26-13-2-1-12-25(26)31-18-17-30-22(9-3-6-14-28)19-32-23(20-33-24)10-4-7-15-29;;;/h22-26,30-34H,1-21,28-29H2;2*1H;/q-1;;;+2/t22-,23+,24-,25+,26+;;;/m0.../s1. The van der Waals surface area contributed by atoms with E-state index in [0.717, 1.165) is 58.8 Å². The zero-order valence-electron chi connectivity index (χ0n) is 23.6. The molecule has 1 heterocycles. The van der Waals surface area contributed by atoms with Gasteiger partial charge in [-0.3, -0.25) is 11.8 Å². The summed E-state index contributed by atoms with van der Waals surface area (Å²) in [6.07, 6.45) is 16.0. The molecule has 0 unspecified atom stereocenters. The molecule has 0 spiro atoms. The van der Waals surface area contributed by atoms with Gasteiger partial charge in [-0.05, 0) is 57.8 Å². The Morgan fingerprint density at radius 3 is 1.61 bits per heavy atom. The first kappa shape index (κ1) is 37.1. The maximum Gasteiger partial charge on any atom is 0.0739 e. The number of hydrogen-bond donors (Lipinski definition) is 7. The molecule has 229 valence electrons. The fourth-order valence-electron chi connectivity index (χ4n) is 5.59. The number of unbranched alkanes of at least 4 members (excludes halogenated alkanes) is 3. The Morgan fingerprint density at radius 2 is 1.08 bits per heavy atom. The number of nitrogens with zero attached hydrogens (tertiary/aromatic N) is 1. The van der Waals surface area contributed by atoms with Crippen LogP contribution in [0.4, 0.5) is 0 Å². The molecule has 0 amide bonds. The van der Waals surface area contributed by atoms with Crippen molar-refractivity contribution in [3.8, 4) is 0 Å². The third-order valence-electron chi connectivity index (χ3n) is 7.81. The van der Waals surface area contributed by atoms with Crippen molar-refractivity contribution in [2.75, 3.05) is 52.4 Å². The molecule has 5 atom stereocenters. The third kappa shape index (κ3) is 19.2. The molecule has 0 radical (unpaired) electrons. The van der Waals surface area contributed by atoms with Crippen LogP contribution in [0.15, 0.2) is 0 Å². The monoisotopic (exact) mass is 642 g/mol. The number of rotatable bonds is 13. The van der Waals surface area contributed by atoms with Crippen molar-refractivity contribution in [3.63, 3.8) is 0 Å². The van der Waals surface area contributed by atoms with Gasteiger partial charge in [0.15, 0.2) is 0 Å². The first-order valence-electron chi connectivity index (χ1n) is 15.1. The van der Waals surface area contributed by atoms with E-state index in [9.17, 15) is 0 Å². The van der Waals surface area contributed by atoms with Crippen molar-refractivity contribution in [1.29, 1.82) is 0 Å². The van der Waals surface area contributed by atoms with Crippen LogP contribution in [-0.4, -0.2) is 82.6 Å². The normalized spacial score (nSPS) is 27.9. The van der Waals surface area contributed by atoms with Crippen LogP contribution in [0, 0.1) is 0 Å². The van der Waals surface area contributed by atoms with Gasteiger partial charge in [0.2, 0.25) is 0 Å². The summed E-state index contributed by atoms with van der Waals surface area (Å²) in [5, 5.41) is 19.6. The van der Waals surface area contributed by atoms with E-state index >= 15 is 0 Å². The van der Waals surface area contributed by atoms with Gasteiger partial charge in [-0.15, -0.1) is 6.54 Å². The summed E-state index contributed by atoms with van der Waals surface area (Å²) >= 11 is 5.57. The molecule has 2 fully saturated rings. The second-order valence-corrected chi connectivity index (χ2v) is 13.0. The molecule has 12 heteroatoms. The smallest absolute Gasteiger partial charge is 0.0739 e. The summed E-state index contributed by atoms with van der Waals surface area (Å²) in [4.78, 5) is 3.78. The van der Waals surface area contributed by atoms with Gasteiger partial charge in [-0.1, -0.05) is 25.7 Å². The molecule has 8 nitrogen and oxygen atoms in total. The third-order valence-corrected chi connectivity index (χ3v) is 7.98. The summed E-state index contributed by atoms with van der Waals surface area (Å²) in [5.74, 6) is 0. The number of fused-ring (bicyclic) bond motifs is 1. The van der Waals surface area contributed by atoms with Crippen molar-refractivity contribution in [2.45, 2.75) is 114 Å². The Hall–Kier alpha value is 1.07. The fraction of sp³-hybridized carbons (Fsp3) is 1.00. The molecule has 0 aromatic rings. The Labute approximate surface area is 253 Å². The first-order valence-corrected chi connectivity index (χ1v) is 18.7.